The summed E-state index contributed by atoms with van der Waals surface area (Å²) in [5, 5.41) is 0.824. The zero-order valence-corrected chi connectivity index (χ0v) is 10.1. The Morgan fingerprint density at radius 1 is 1.22 bits per heavy atom. The highest BCUT2D eigenvalue weighted by molar-refractivity contribution is 6.03. The number of carbonyl (C=O) groups excluding carboxylic acids is 1. The first-order chi connectivity index (χ1) is 8.70. The third-order valence-corrected chi connectivity index (χ3v) is 3.33. The van der Waals surface area contributed by atoms with Crippen molar-refractivity contribution in [1.29, 1.82) is 0 Å². The van der Waals surface area contributed by atoms with Gasteiger partial charge in [-0.1, -0.05) is 12.1 Å². The Morgan fingerprint density at radius 2 is 2.00 bits per heavy atom. The Labute approximate surface area is 104 Å². The number of aryl methyl sites for hydroxylation is 1. The first-order valence-electron chi connectivity index (χ1n) is 5.98. The standard InChI is InChI=1S/C14H13NO3/c1-15-10-6-3-2-5-9(10)13-12(14(15)17)11(16)7-4-8-18-13/h2-3,5-6H,4,7-8H2,1H3. The molecular formula is C14H13NO3. The Hall–Kier alpha value is -2.10. The van der Waals surface area contributed by atoms with Crippen LogP contribution in [0, 0.1) is 0 Å². The first-order valence-corrected chi connectivity index (χ1v) is 5.98. The molecule has 0 atom stereocenters. The summed E-state index contributed by atoms with van der Waals surface area (Å²) in [7, 11) is 1.68. The molecule has 1 aliphatic rings. The van der Waals surface area contributed by atoms with E-state index >= 15 is 0 Å². The van der Waals surface area contributed by atoms with Crippen molar-refractivity contribution in [2.24, 2.45) is 7.05 Å². The van der Waals surface area contributed by atoms with Crippen molar-refractivity contribution in [2.75, 3.05) is 6.61 Å². The van der Waals surface area contributed by atoms with E-state index in [0.29, 0.717) is 25.2 Å². The maximum Gasteiger partial charge on any atom is 0.265 e. The summed E-state index contributed by atoms with van der Waals surface area (Å²) >= 11 is 0. The van der Waals surface area contributed by atoms with E-state index in [1.165, 1.54) is 4.57 Å². The molecule has 1 aromatic carbocycles. The molecule has 4 nitrogen and oxygen atoms in total. The smallest absolute Gasteiger partial charge is 0.265 e. The SMILES string of the molecule is Cn1c(=O)c2c(c3ccccc31)OCCCC2=O. The average Bonchev–Trinajstić information content (AvgIpc) is 2.58. The molecule has 4 heteroatoms. The van der Waals surface area contributed by atoms with Gasteiger partial charge in [-0.3, -0.25) is 9.59 Å². The van der Waals surface area contributed by atoms with Gasteiger partial charge in [0, 0.05) is 18.9 Å². The summed E-state index contributed by atoms with van der Waals surface area (Å²) in [5.74, 6) is 0.338. The zero-order chi connectivity index (χ0) is 12.7. The molecule has 3 rings (SSSR count). The van der Waals surface area contributed by atoms with Gasteiger partial charge in [-0.25, -0.2) is 0 Å². The van der Waals surface area contributed by atoms with E-state index in [1.54, 1.807) is 7.05 Å². The third kappa shape index (κ3) is 1.45. The number of pyridine rings is 1. The number of ether oxygens (including phenoxy) is 1. The monoisotopic (exact) mass is 243 g/mol. The maximum atomic E-state index is 12.3. The lowest BCUT2D eigenvalue weighted by Crippen LogP contribution is -2.24. The number of aromatic nitrogens is 1. The average molecular weight is 243 g/mol. The number of ketones is 1. The van der Waals surface area contributed by atoms with Crippen LogP contribution in [0.1, 0.15) is 23.2 Å². The van der Waals surface area contributed by atoms with Crippen LogP contribution in [0.3, 0.4) is 0 Å². The van der Waals surface area contributed by atoms with Crippen LogP contribution in [-0.2, 0) is 7.05 Å². The molecule has 18 heavy (non-hydrogen) atoms. The second kappa shape index (κ2) is 3.98. The van der Waals surface area contributed by atoms with Gasteiger partial charge in [0.1, 0.15) is 11.3 Å². The lowest BCUT2D eigenvalue weighted by molar-refractivity contribution is 0.0981. The van der Waals surface area contributed by atoms with E-state index in [0.717, 1.165) is 10.9 Å². The van der Waals surface area contributed by atoms with Crippen molar-refractivity contribution in [2.45, 2.75) is 12.8 Å². The number of hydrogen-bond donors (Lipinski definition) is 0. The van der Waals surface area contributed by atoms with Gasteiger partial charge in [-0.05, 0) is 18.6 Å². The third-order valence-electron chi connectivity index (χ3n) is 3.33. The number of carbonyl (C=O) groups is 1. The molecule has 0 radical (unpaired) electrons. The van der Waals surface area contributed by atoms with Crippen LogP contribution < -0.4 is 10.3 Å². The Bertz CT molecular complexity index is 700. The number of rotatable bonds is 0. The molecule has 0 saturated carbocycles. The van der Waals surface area contributed by atoms with Crippen LogP contribution in [0.15, 0.2) is 29.1 Å². The summed E-state index contributed by atoms with van der Waals surface area (Å²) in [6, 6.07) is 7.49. The number of nitrogens with zero attached hydrogens (tertiary/aromatic N) is 1. The highest BCUT2D eigenvalue weighted by Gasteiger charge is 2.24. The van der Waals surface area contributed by atoms with Gasteiger partial charge in [-0.15, -0.1) is 0 Å². The molecule has 2 heterocycles. The zero-order valence-electron chi connectivity index (χ0n) is 10.1. The molecule has 2 aromatic rings. The highest BCUT2D eigenvalue weighted by Crippen LogP contribution is 2.30. The second-order valence-electron chi connectivity index (χ2n) is 4.46. The molecule has 0 bridgehead atoms. The fraction of sp³-hybridized carbons (Fsp3) is 0.286. The molecule has 0 saturated heterocycles. The lowest BCUT2D eigenvalue weighted by atomic mass is 10.1. The van der Waals surface area contributed by atoms with Crippen molar-refractivity contribution in [3.63, 3.8) is 0 Å². The van der Waals surface area contributed by atoms with E-state index < -0.39 is 0 Å². The van der Waals surface area contributed by atoms with Crippen LogP contribution >= 0.6 is 0 Å². The van der Waals surface area contributed by atoms with Crippen LogP contribution in [0.25, 0.3) is 10.9 Å². The van der Waals surface area contributed by atoms with Gasteiger partial charge in [-0.2, -0.15) is 0 Å². The molecule has 0 unspecified atom stereocenters. The van der Waals surface area contributed by atoms with Crippen molar-refractivity contribution >= 4 is 16.7 Å². The Morgan fingerprint density at radius 3 is 2.83 bits per heavy atom. The molecule has 0 amide bonds. The van der Waals surface area contributed by atoms with Crippen molar-refractivity contribution in [3.8, 4) is 5.75 Å². The number of hydrogen-bond acceptors (Lipinski definition) is 3. The fourth-order valence-electron chi connectivity index (χ4n) is 2.39. The quantitative estimate of drug-likeness (QED) is 0.710. The molecule has 92 valence electrons. The maximum absolute atomic E-state index is 12.3. The van der Waals surface area contributed by atoms with Crippen molar-refractivity contribution in [3.05, 3.63) is 40.2 Å². The van der Waals surface area contributed by atoms with E-state index in [1.807, 2.05) is 24.3 Å². The van der Waals surface area contributed by atoms with Gasteiger partial charge in [0.25, 0.3) is 5.56 Å². The minimum Gasteiger partial charge on any atom is -0.492 e. The first kappa shape index (κ1) is 11.0. The summed E-state index contributed by atoms with van der Waals surface area (Å²) in [4.78, 5) is 24.3. The normalized spacial score (nSPS) is 15.1. The minimum atomic E-state index is -0.268. The van der Waals surface area contributed by atoms with E-state index in [4.69, 9.17) is 4.74 Å². The highest BCUT2D eigenvalue weighted by atomic mass is 16.5. The number of benzene rings is 1. The molecule has 0 spiro atoms. The van der Waals surface area contributed by atoms with Crippen LogP contribution in [-0.4, -0.2) is 17.0 Å². The van der Waals surface area contributed by atoms with Gasteiger partial charge >= 0.3 is 0 Å². The van der Waals surface area contributed by atoms with Crippen molar-refractivity contribution < 1.29 is 9.53 Å². The van der Waals surface area contributed by atoms with Crippen LogP contribution in [0.2, 0.25) is 0 Å². The number of Topliss-reactive ketones (excluding diaryl/α,β-unsaturated/α-hetero) is 1. The van der Waals surface area contributed by atoms with Gasteiger partial charge in [0.05, 0.1) is 12.1 Å². The largest absolute Gasteiger partial charge is 0.492 e. The molecule has 0 N–H and O–H groups in total. The topological polar surface area (TPSA) is 48.3 Å². The van der Waals surface area contributed by atoms with E-state index in [-0.39, 0.29) is 16.9 Å². The van der Waals surface area contributed by atoms with Gasteiger partial charge in [0.2, 0.25) is 0 Å². The van der Waals surface area contributed by atoms with Gasteiger partial charge in [0.15, 0.2) is 5.78 Å². The van der Waals surface area contributed by atoms with Crippen LogP contribution in [0.5, 0.6) is 5.75 Å². The molecule has 0 fully saturated rings. The number of fused-ring (bicyclic) bond motifs is 3. The van der Waals surface area contributed by atoms with Crippen molar-refractivity contribution in [1.82, 2.24) is 4.57 Å². The predicted octanol–water partition coefficient (Wildman–Crippen LogP) is 1.89. The Balaban J connectivity index is 2.50. The predicted molar refractivity (Wildman–Crippen MR) is 68.2 cm³/mol. The minimum absolute atomic E-state index is 0.117. The molecule has 1 aromatic heterocycles. The molecular weight excluding hydrogens is 230 g/mol. The fourth-order valence-corrected chi connectivity index (χ4v) is 2.39. The molecule has 0 aliphatic carbocycles. The summed E-state index contributed by atoms with van der Waals surface area (Å²) in [5.41, 5.74) is 0.722. The van der Waals surface area contributed by atoms with Crippen LogP contribution in [0.4, 0.5) is 0 Å². The second-order valence-corrected chi connectivity index (χ2v) is 4.46. The molecule has 1 aliphatic heterocycles. The summed E-state index contributed by atoms with van der Waals surface area (Å²) in [6.45, 7) is 0.482. The number of para-hydroxylation sites is 1. The Kier molecular flexibility index (Phi) is 2.44. The lowest BCUT2D eigenvalue weighted by Gasteiger charge is -2.12. The van der Waals surface area contributed by atoms with Gasteiger partial charge < -0.3 is 9.30 Å². The van der Waals surface area contributed by atoms with E-state index in [9.17, 15) is 9.59 Å². The summed E-state index contributed by atoms with van der Waals surface area (Å²) in [6.07, 6.45) is 1.03. The van der Waals surface area contributed by atoms with E-state index in [2.05, 4.69) is 0 Å². The summed E-state index contributed by atoms with van der Waals surface area (Å²) < 4.78 is 7.15.